The standard InChI is InChI=1S/C16H24FNO3/c1-5-6-10(2)18-16(20)12(4)21-15-9-13(17)7-8-14(15)11(3)19/h7-12,19H,5-6H2,1-4H3,(H,18,20)/t10?,11-,12?/m0/s1. The number of carbonyl (C=O) groups excluding carboxylic acids is 1. The summed E-state index contributed by atoms with van der Waals surface area (Å²) in [5.74, 6) is -0.533. The number of hydrogen-bond donors (Lipinski definition) is 2. The lowest BCUT2D eigenvalue weighted by atomic mass is 10.1. The molecule has 1 aromatic carbocycles. The van der Waals surface area contributed by atoms with Gasteiger partial charge in [0.2, 0.25) is 0 Å². The van der Waals surface area contributed by atoms with Crippen molar-refractivity contribution in [3.8, 4) is 5.75 Å². The lowest BCUT2D eigenvalue weighted by molar-refractivity contribution is -0.128. The van der Waals surface area contributed by atoms with Crippen molar-refractivity contribution in [2.45, 2.75) is 58.8 Å². The fourth-order valence-corrected chi connectivity index (χ4v) is 2.06. The number of rotatable bonds is 7. The molecule has 1 rings (SSSR count). The molecule has 0 radical (unpaired) electrons. The van der Waals surface area contributed by atoms with Crippen molar-refractivity contribution in [1.82, 2.24) is 5.32 Å². The summed E-state index contributed by atoms with van der Waals surface area (Å²) < 4.78 is 18.8. The molecular weight excluding hydrogens is 273 g/mol. The molecule has 0 bridgehead atoms. The van der Waals surface area contributed by atoms with E-state index in [0.717, 1.165) is 12.8 Å². The summed E-state index contributed by atoms with van der Waals surface area (Å²) in [6, 6.07) is 3.96. The Morgan fingerprint density at radius 2 is 2.05 bits per heavy atom. The smallest absolute Gasteiger partial charge is 0.260 e. The third kappa shape index (κ3) is 5.34. The number of amides is 1. The summed E-state index contributed by atoms with van der Waals surface area (Å²) in [5, 5.41) is 12.5. The van der Waals surface area contributed by atoms with Gasteiger partial charge in [-0.1, -0.05) is 13.3 Å². The topological polar surface area (TPSA) is 58.6 Å². The van der Waals surface area contributed by atoms with Crippen LogP contribution < -0.4 is 10.1 Å². The largest absolute Gasteiger partial charge is 0.480 e. The second-order valence-corrected chi connectivity index (χ2v) is 5.32. The number of hydrogen-bond acceptors (Lipinski definition) is 3. The van der Waals surface area contributed by atoms with Gasteiger partial charge in [-0.15, -0.1) is 0 Å². The zero-order chi connectivity index (χ0) is 16.0. The van der Waals surface area contributed by atoms with Gasteiger partial charge in [0, 0.05) is 17.7 Å². The maximum Gasteiger partial charge on any atom is 0.260 e. The number of carbonyl (C=O) groups is 1. The van der Waals surface area contributed by atoms with Crippen LogP contribution in [0.25, 0.3) is 0 Å². The molecule has 0 aliphatic carbocycles. The van der Waals surface area contributed by atoms with Gasteiger partial charge < -0.3 is 15.2 Å². The Morgan fingerprint density at radius 3 is 2.62 bits per heavy atom. The predicted octanol–water partition coefficient (Wildman–Crippen LogP) is 2.95. The number of ether oxygens (including phenoxy) is 1. The summed E-state index contributed by atoms with van der Waals surface area (Å²) in [7, 11) is 0. The van der Waals surface area contributed by atoms with Gasteiger partial charge in [0.15, 0.2) is 6.10 Å². The van der Waals surface area contributed by atoms with E-state index in [2.05, 4.69) is 5.32 Å². The monoisotopic (exact) mass is 297 g/mol. The summed E-state index contributed by atoms with van der Waals surface area (Å²) in [4.78, 5) is 12.0. The molecule has 0 aromatic heterocycles. The van der Waals surface area contributed by atoms with Crippen molar-refractivity contribution in [2.24, 2.45) is 0 Å². The Labute approximate surface area is 125 Å². The summed E-state index contributed by atoms with van der Waals surface area (Å²) in [5.41, 5.74) is 0.456. The first kappa shape index (κ1) is 17.4. The van der Waals surface area contributed by atoms with Crippen molar-refractivity contribution >= 4 is 5.91 Å². The van der Waals surface area contributed by atoms with Gasteiger partial charge in [-0.05, 0) is 39.3 Å². The molecule has 0 saturated carbocycles. The van der Waals surface area contributed by atoms with Crippen LogP contribution in [0.15, 0.2) is 18.2 Å². The molecule has 0 spiro atoms. The minimum atomic E-state index is -0.796. The van der Waals surface area contributed by atoms with Crippen molar-refractivity contribution in [1.29, 1.82) is 0 Å². The minimum absolute atomic E-state index is 0.0669. The molecule has 0 saturated heterocycles. The SMILES string of the molecule is CCCC(C)NC(=O)C(C)Oc1cc(F)ccc1[C@H](C)O. The normalized spacial score (nSPS) is 15.1. The zero-order valence-electron chi connectivity index (χ0n) is 13.0. The third-order valence-corrected chi connectivity index (χ3v) is 3.21. The average Bonchev–Trinajstić information content (AvgIpc) is 2.38. The van der Waals surface area contributed by atoms with Crippen LogP contribution in [0, 0.1) is 5.82 Å². The molecule has 4 nitrogen and oxygen atoms in total. The van der Waals surface area contributed by atoms with Gasteiger partial charge in [-0.3, -0.25) is 4.79 Å². The lowest BCUT2D eigenvalue weighted by Crippen LogP contribution is -2.41. The maximum absolute atomic E-state index is 13.3. The Balaban J connectivity index is 2.76. The van der Waals surface area contributed by atoms with E-state index in [-0.39, 0.29) is 17.7 Å². The highest BCUT2D eigenvalue weighted by atomic mass is 19.1. The van der Waals surface area contributed by atoms with Crippen LogP contribution >= 0.6 is 0 Å². The van der Waals surface area contributed by atoms with E-state index in [1.165, 1.54) is 18.2 Å². The molecule has 3 atom stereocenters. The highest BCUT2D eigenvalue weighted by Crippen LogP contribution is 2.26. The second-order valence-electron chi connectivity index (χ2n) is 5.32. The molecule has 1 amide bonds. The van der Waals surface area contributed by atoms with E-state index in [9.17, 15) is 14.3 Å². The average molecular weight is 297 g/mol. The molecule has 118 valence electrons. The van der Waals surface area contributed by atoms with Gasteiger partial charge >= 0.3 is 0 Å². The first-order valence-corrected chi connectivity index (χ1v) is 7.29. The van der Waals surface area contributed by atoms with Crippen LogP contribution in [-0.4, -0.2) is 23.2 Å². The van der Waals surface area contributed by atoms with Crippen LogP contribution in [0.5, 0.6) is 5.75 Å². The van der Waals surface area contributed by atoms with Gasteiger partial charge in [0.25, 0.3) is 5.91 Å². The molecule has 5 heteroatoms. The van der Waals surface area contributed by atoms with E-state index in [1.807, 2.05) is 13.8 Å². The van der Waals surface area contributed by atoms with Crippen molar-refractivity contribution < 1.29 is 19.0 Å². The molecule has 0 aliphatic rings. The Morgan fingerprint density at radius 1 is 1.38 bits per heavy atom. The van der Waals surface area contributed by atoms with Crippen LogP contribution in [0.3, 0.4) is 0 Å². The molecule has 2 unspecified atom stereocenters. The maximum atomic E-state index is 13.3. The van der Waals surface area contributed by atoms with Crippen LogP contribution in [0.4, 0.5) is 4.39 Å². The Hall–Kier alpha value is -1.62. The quantitative estimate of drug-likeness (QED) is 0.813. The number of halogens is 1. The summed E-state index contributed by atoms with van der Waals surface area (Å²) >= 11 is 0. The highest BCUT2D eigenvalue weighted by Gasteiger charge is 2.19. The van der Waals surface area contributed by atoms with Crippen molar-refractivity contribution in [3.05, 3.63) is 29.6 Å². The molecule has 1 aromatic rings. The van der Waals surface area contributed by atoms with E-state index in [4.69, 9.17) is 4.74 Å². The lowest BCUT2D eigenvalue weighted by Gasteiger charge is -2.20. The number of aliphatic hydroxyl groups is 1. The van der Waals surface area contributed by atoms with Crippen molar-refractivity contribution in [3.63, 3.8) is 0 Å². The van der Waals surface area contributed by atoms with Gasteiger partial charge in [0.1, 0.15) is 11.6 Å². The summed E-state index contributed by atoms with van der Waals surface area (Å²) in [6.45, 7) is 7.14. The highest BCUT2D eigenvalue weighted by molar-refractivity contribution is 5.81. The van der Waals surface area contributed by atoms with Crippen LogP contribution in [-0.2, 0) is 4.79 Å². The molecule has 0 aliphatic heterocycles. The fourth-order valence-electron chi connectivity index (χ4n) is 2.06. The predicted molar refractivity (Wildman–Crippen MR) is 79.6 cm³/mol. The van der Waals surface area contributed by atoms with Gasteiger partial charge in [0.05, 0.1) is 6.10 Å². The van der Waals surface area contributed by atoms with Crippen molar-refractivity contribution in [2.75, 3.05) is 0 Å². The number of benzene rings is 1. The molecule has 2 N–H and O–H groups in total. The van der Waals surface area contributed by atoms with Gasteiger partial charge in [-0.2, -0.15) is 0 Å². The van der Waals surface area contributed by atoms with Crippen LogP contribution in [0.1, 0.15) is 52.2 Å². The number of aliphatic hydroxyl groups excluding tert-OH is 1. The molecule has 0 fully saturated rings. The van der Waals surface area contributed by atoms with E-state index in [1.54, 1.807) is 13.8 Å². The second kappa shape index (κ2) is 7.98. The Bertz CT molecular complexity index is 477. The molecular formula is C16H24FNO3. The summed E-state index contributed by atoms with van der Waals surface area (Å²) in [6.07, 6.45) is 0.308. The molecule has 21 heavy (non-hydrogen) atoms. The Kier molecular flexibility index (Phi) is 6.62. The third-order valence-electron chi connectivity index (χ3n) is 3.21. The van der Waals surface area contributed by atoms with Crippen LogP contribution in [0.2, 0.25) is 0 Å². The first-order chi connectivity index (χ1) is 9.85. The van der Waals surface area contributed by atoms with Gasteiger partial charge in [-0.25, -0.2) is 4.39 Å². The first-order valence-electron chi connectivity index (χ1n) is 7.29. The van der Waals surface area contributed by atoms with E-state index < -0.39 is 18.0 Å². The van der Waals surface area contributed by atoms with E-state index in [0.29, 0.717) is 5.56 Å². The van der Waals surface area contributed by atoms with E-state index >= 15 is 0 Å². The fraction of sp³-hybridized carbons (Fsp3) is 0.562. The number of nitrogens with one attached hydrogen (secondary N) is 1. The molecule has 0 heterocycles. The zero-order valence-corrected chi connectivity index (χ0v) is 13.0. The minimum Gasteiger partial charge on any atom is -0.480 e.